The molecule has 0 N–H and O–H groups in total. The van der Waals surface area contributed by atoms with Crippen LogP contribution in [0.4, 0.5) is 0 Å². The number of morpholine rings is 1. The molecule has 1 fully saturated rings. The summed E-state index contributed by atoms with van der Waals surface area (Å²) in [7, 11) is 1.66. The molecule has 1 atom stereocenters. The van der Waals surface area contributed by atoms with Crippen LogP contribution in [0, 0.1) is 0 Å². The summed E-state index contributed by atoms with van der Waals surface area (Å²) in [5, 5.41) is 2.06. The molecule has 0 amide bonds. The Labute approximate surface area is 123 Å². The number of fused-ring (bicyclic) bond motifs is 1. The molecule has 1 aromatic heterocycles. The maximum absolute atomic E-state index is 6.31. The molecule has 5 nitrogen and oxygen atoms in total. The van der Waals surface area contributed by atoms with Gasteiger partial charge in [-0.15, -0.1) is 11.6 Å². The highest BCUT2D eigenvalue weighted by atomic mass is 35.5. The molecule has 2 heterocycles. The van der Waals surface area contributed by atoms with Crippen molar-refractivity contribution in [1.29, 1.82) is 0 Å². The van der Waals surface area contributed by atoms with Gasteiger partial charge in [0.1, 0.15) is 17.1 Å². The molecule has 0 spiro atoms. The third kappa shape index (κ3) is 2.21. The van der Waals surface area contributed by atoms with Crippen LogP contribution in [-0.4, -0.2) is 43.1 Å². The van der Waals surface area contributed by atoms with Crippen LogP contribution in [-0.2, 0) is 4.74 Å². The number of alkyl halides is 1. The standard InChI is InChI=1S/C14H18ClN3O2/c1-10(15)14-16-13-11(4-3-5-12(13)19-2)18(14)17-6-8-20-9-7-17/h3-5,10H,6-9H2,1-2H3. The first-order valence-electron chi connectivity index (χ1n) is 6.74. The van der Waals surface area contributed by atoms with Crippen LogP contribution in [0.15, 0.2) is 18.2 Å². The minimum absolute atomic E-state index is 0.171. The lowest BCUT2D eigenvalue weighted by atomic mass is 10.3. The second-order valence-electron chi connectivity index (χ2n) is 4.79. The zero-order chi connectivity index (χ0) is 14.1. The normalized spacial score (nSPS) is 17.4. The van der Waals surface area contributed by atoms with Gasteiger partial charge < -0.3 is 14.5 Å². The van der Waals surface area contributed by atoms with Gasteiger partial charge in [-0.25, -0.2) is 9.66 Å². The molecule has 1 unspecified atom stereocenters. The molecule has 3 rings (SSSR count). The smallest absolute Gasteiger partial charge is 0.146 e. The van der Waals surface area contributed by atoms with E-state index in [4.69, 9.17) is 21.1 Å². The van der Waals surface area contributed by atoms with E-state index >= 15 is 0 Å². The van der Waals surface area contributed by atoms with Gasteiger partial charge in [-0.3, -0.25) is 0 Å². The van der Waals surface area contributed by atoms with Crippen molar-refractivity contribution < 1.29 is 9.47 Å². The number of hydrogen-bond donors (Lipinski definition) is 0. The van der Waals surface area contributed by atoms with Crippen LogP contribution in [0.3, 0.4) is 0 Å². The molecular formula is C14H18ClN3O2. The molecule has 0 bridgehead atoms. The number of para-hydroxylation sites is 1. The number of methoxy groups -OCH3 is 1. The van der Waals surface area contributed by atoms with E-state index in [2.05, 4.69) is 14.7 Å². The molecule has 1 saturated heterocycles. The van der Waals surface area contributed by atoms with Crippen molar-refractivity contribution in [1.82, 2.24) is 9.66 Å². The van der Waals surface area contributed by atoms with Crippen LogP contribution < -0.4 is 9.75 Å². The maximum Gasteiger partial charge on any atom is 0.146 e. The molecule has 2 aromatic rings. The summed E-state index contributed by atoms with van der Waals surface area (Å²) in [6, 6.07) is 5.94. The number of imidazole rings is 1. The highest BCUT2D eigenvalue weighted by Gasteiger charge is 2.22. The Hall–Kier alpha value is -1.46. The highest BCUT2D eigenvalue weighted by Crippen LogP contribution is 2.30. The minimum atomic E-state index is -0.171. The van der Waals surface area contributed by atoms with E-state index in [9.17, 15) is 0 Å². The molecule has 6 heteroatoms. The van der Waals surface area contributed by atoms with Gasteiger partial charge in [0.15, 0.2) is 0 Å². The largest absolute Gasteiger partial charge is 0.494 e. The molecule has 1 aliphatic heterocycles. The summed E-state index contributed by atoms with van der Waals surface area (Å²) >= 11 is 6.31. The summed E-state index contributed by atoms with van der Waals surface area (Å²) in [6.07, 6.45) is 0. The van der Waals surface area contributed by atoms with Crippen molar-refractivity contribution in [2.75, 3.05) is 38.4 Å². The number of nitrogens with zero attached hydrogens (tertiary/aromatic N) is 3. The van der Waals surface area contributed by atoms with E-state index < -0.39 is 0 Å². The van der Waals surface area contributed by atoms with Crippen LogP contribution in [0.25, 0.3) is 11.0 Å². The van der Waals surface area contributed by atoms with Gasteiger partial charge in [0.2, 0.25) is 0 Å². The summed E-state index contributed by atoms with van der Waals surface area (Å²) in [5.41, 5.74) is 1.87. The quantitative estimate of drug-likeness (QED) is 0.815. The topological polar surface area (TPSA) is 39.5 Å². The number of rotatable bonds is 3. The Morgan fingerprint density at radius 1 is 1.35 bits per heavy atom. The third-order valence-corrected chi connectivity index (χ3v) is 3.69. The average molecular weight is 296 g/mol. The highest BCUT2D eigenvalue weighted by molar-refractivity contribution is 6.20. The first kappa shape index (κ1) is 13.5. The van der Waals surface area contributed by atoms with Crippen LogP contribution in [0.1, 0.15) is 18.1 Å². The molecule has 108 valence electrons. The summed E-state index contributed by atoms with van der Waals surface area (Å²) in [4.78, 5) is 4.68. The van der Waals surface area contributed by atoms with Crippen molar-refractivity contribution in [2.24, 2.45) is 0 Å². The van der Waals surface area contributed by atoms with Gasteiger partial charge >= 0.3 is 0 Å². The van der Waals surface area contributed by atoms with Crippen molar-refractivity contribution in [3.05, 3.63) is 24.0 Å². The second kappa shape index (κ2) is 5.50. The predicted octanol–water partition coefficient (Wildman–Crippen LogP) is 2.31. The van der Waals surface area contributed by atoms with Gasteiger partial charge in [-0.1, -0.05) is 6.07 Å². The molecular weight excluding hydrogens is 278 g/mol. The van der Waals surface area contributed by atoms with Crippen molar-refractivity contribution in [2.45, 2.75) is 12.3 Å². The van der Waals surface area contributed by atoms with E-state index in [1.54, 1.807) is 7.11 Å². The Morgan fingerprint density at radius 2 is 2.10 bits per heavy atom. The Bertz CT molecular complexity index is 606. The van der Waals surface area contributed by atoms with Gasteiger partial charge in [0, 0.05) is 0 Å². The molecule has 0 aliphatic carbocycles. The fraction of sp³-hybridized carbons (Fsp3) is 0.500. The first-order chi connectivity index (χ1) is 9.72. The predicted molar refractivity (Wildman–Crippen MR) is 79.3 cm³/mol. The zero-order valence-electron chi connectivity index (χ0n) is 11.7. The van der Waals surface area contributed by atoms with E-state index in [-0.39, 0.29) is 5.38 Å². The number of hydrogen-bond acceptors (Lipinski definition) is 4. The first-order valence-corrected chi connectivity index (χ1v) is 7.18. The van der Waals surface area contributed by atoms with Gasteiger partial charge in [0.05, 0.1) is 44.3 Å². The Kier molecular flexibility index (Phi) is 3.72. The van der Waals surface area contributed by atoms with Crippen LogP contribution in [0.5, 0.6) is 5.75 Å². The lowest BCUT2D eigenvalue weighted by molar-refractivity contribution is 0.111. The van der Waals surface area contributed by atoms with E-state index in [1.165, 1.54) is 0 Å². The summed E-state index contributed by atoms with van der Waals surface area (Å²) < 4.78 is 12.9. The van der Waals surface area contributed by atoms with Crippen molar-refractivity contribution in [3.8, 4) is 5.75 Å². The monoisotopic (exact) mass is 295 g/mol. The van der Waals surface area contributed by atoms with Crippen molar-refractivity contribution in [3.63, 3.8) is 0 Å². The van der Waals surface area contributed by atoms with Crippen LogP contribution >= 0.6 is 11.6 Å². The van der Waals surface area contributed by atoms with Gasteiger partial charge in [-0.2, -0.15) is 0 Å². The zero-order valence-corrected chi connectivity index (χ0v) is 12.4. The SMILES string of the molecule is COc1cccc2c1nc(C(C)Cl)n2N1CCOCC1. The molecule has 20 heavy (non-hydrogen) atoms. The molecule has 0 saturated carbocycles. The number of aromatic nitrogens is 2. The maximum atomic E-state index is 6.31. The summed E-state index contributed by atoms with van der Waals surface area (Å²) in [5.74, 6) is 1.61. The minimum Gasteiger partial charge on any atom is -0.494 e. The summed E-state index contributed by atoms with van der Waals surface area (Å²) in [6.45, 7) is 5.05. The second-order valence-corrected chi connectivity index (χ2v) is 5.45. The number of benzene rings is 1. The van der Waals surface area contributed by atoms with E-state index in [0.717, 1.165) is 48.9 Å². The van der Waals surface area contributed by atoms with Crippen LogP contribution in [0.2, 0.25) is 0 Å². The van der Waals surface area contributed by atoms with Gasteiger partial charge in [0.25, 0.3) is 0 Å². The fourth-order valence-electron chi connectivity index (χ4n) is 2.55. The third-order valence-electron chi connectivity index (χ3n) is 3.50. The fourth-order valence-corrected chi connectivity index (χ4v) is 2.69. The molecule has 1 aromatic carbocycles. The van der Waals surface area contributed by atoms with E-state index in [1.807, 2.05) is 25.1 Å². The Morgan fingerprint density at radius 3 is 2.75 bits per heavy atom. The van der Waals surface area contributed by atoms with E-state index in [0.29, 0.717) is 0 Å². The number of ether oxygens (including phenoxy) is 2. The average Bonchev–Trinajstić information content (AvgIpc) is 2.87. The molecule has 0 radical (unpaired) electrons. The lowest BCUT2D eigenvalue weighted by Gasteiger charge is -2.31. The molecule has 1 aliphatic rings. The van der Waals surface area contributed by atoms with Gasteiger partial charge in [-0.05, 0) is 19.1 Å². The Balaban J connectivity index is 2.18. The number of halogens is 1. The van der Waals surface area contributed by atoms with Crippen molar-refractivity contribution >= 4 is 22.6 Å². The lowest BCUT2D eigenvalue weighted by Crippen LogP contribution is -2.44.